The van der Waals surface area contributed by atoms with E-state index in [1.807, 2.05) is 12.1 Å². The van der Waals surface area contributed by atoms with Crippen molar-refractivity contribution in [3.63, 3.8) is 0 Å². The smallest absolute Gasteiger partial charge is 0.123 e. The van der Waals surface area contributed by atoms with Crippen LogP contribution in [0.5, 0.6) is 0 Å². The molecule has 1 heterocycles. The predicted octanol–water partition coefficient (Wildman–Crippen LogP) is 6.31. The molecule has 1 aliphatic rings. The Morgan fingerprint density at radius 2 is 1.52 bits per heavy atom. The quantitative estimate of drug-likeness (QED) is 0.481. The Morgan fingerprint density at radius 3 is 2.28 bits per heavy atom. The molecule has 3 aromatic rings. The number of hydrogen-bond donors (Lipinski definition) is 0. The van der Waals surface area contributed by atoms with Crippen LogP contribution in [0.4, 0.5) is 4.39 Å². The van der Waals surface area contributed by atoms with Crippen molar-refractivity contribution in [3.05, 3.63) is 113 Å². The third-order valence-electron chi connectivity index (χ3n) is 5.86. The van der Waals surface area contributed by atoms with E-state index in [4.69, 9.17) is 0 Å². The SMILES string of the molecule is Fc1ccc(Cc2ccccc2C2CCN(CC=Cc3ccccc3)CC2)cc1. The first kappa shape index (κ1) is 19.6. The average Bonchev–Trinajstić information content (AvgIpc) is 2.77. The first-order valence-corrected chi connectivity index (χ1v) is 10.5. The Hall–Kier alpha value is -2.71. The van der Waals surface area contributed by atoms with E-state index in [1.165, 1.54) is 35.1 Å². The first-order valence-electron chi connectivity index (χ1n) is 10.5. The minimum absolute atomic E-state index is 0.171. The van der Waals surface area contributed by atoms with Gasteiger partial charge in [0.15, 0.2) is 0 Å². The summed E-state index contributed by atoms with van der Waals surface area (Å²) in [6, 6.07) is 26.2. The van der Waals surface area contributed by atoms with E-state index in [1.54, 1.807) is 12.1 Å². The van der Waals surface area contributed by atoms with Crippen molar-refractivity contribution in [1.29, 1.82) is 0 Å². The summed E-state index contributed by atoms with van der Waals surface area (Å²) in [6.45, 7) is 3.28. The molecular formula is C27H28FN. The van der Waals surface area contributed by atoms with Gasteiger partial charge in [-0.1, -0.05) is 78.9 Å². The number of rotatable bonds is 6. The maximum absolute atomic E-state index is 13.2. The number of nitrogens with zero attached hydrogens (tertiary/aromatic N) is 1. The Kier molecular flexibility index (Phi) is 6.53. The Labute approximate surface area is 173 Å². The predicted molar refractivity (Wildman–Crippen MR) is 120 cm³/mol. The molecule has 0 saturated carbocycles. The van der Waals surface area contributed by atoms with Crippen molar-refractivity contribution in [3.8, 4) is 0 Å². The van der Waals surface area contributed by atoms with Gasteiger partial charge in [-0.3, -0.25) is 4.90 Å². The highest BCUT2D eigenvalue weighted by Gasteiger charge is 2.21. The lowest BCUT2D eigenvalue weighted by atomic mass is 9.85. The fraction of sp³-hybridized carbons (Fsp3) is 0.259. The summed E-state index contributed by atoms with van der Waals surface area (Å²) in [5.41, 5.74) is 5.28. The average molecular weight is 386 g/mol. The van der Waals surface area contributed by atoms with E-state index in [0.717, 1.165) is 26.1 Å². The van der Waals surface area contributed by atoms with Crippen LogP contribution in [0.25, 0.3) is 6.08 Å². The molecule has 1 saturated heterocycles. The summed E-state index contributed by atoms with van der Waals surface area (Å²) in [5, 5.41) is 0. The molecule has 1 fully saturated rings. The summed E-state index contributed by atoms with van der Waals surface area (Å²) in [7, 11) is 0. The van der Waals surface area contributed by atoms with Gasteiger partial charge >= 0.3 is 0 Å². The van der Waals surface area contributed by atoms with Crippen molar-refractivity contribution in [1.82, 2.24) is 4.90 Å². The fourth-order valence-electron chi connectivity index (χ4n) is 4.24. The van der Waals surface area contributed by atoms with Gasteiger partial charge in [-0.05, 0) is 72.7 Å². The molecule has 0 unspecified atom stereocenters. The maximum Gasteiger partial charge on any atom is 0.123 e. The van der Waals surface area contributed by atoms with Gasteiger partial charge in [0.2, 0.25) is 0 Å². The summed E-state index contributed by atoms with van der Waals surface area (Å²) in [4.78, 5) is 2.54. The van der Waals surface area contributed by atoms with Crippen LogP contribution in [0.2, 0.25) is 0 Å². The molecule has 0 spiro atoms. The largest absolute Gasteiger partial charge is 0.300 e. The Bertz CT molecular complexity index is 922. The zero-order chi connectivity index (χ0) is 19.9. The van der Waals surface area contributed by atoms with Gasteiger partial charge in [-0.25, -0.2) is 4.39 Å². The van der Waals surface area contributed by atoms with Gasteiger partial charge < -0.3 is 0 Å². The molecule has 0 N–H and O–H groups in total. The van der Waals surface area contributed by atoms with Crippen LogP contribution in [-0.2, 0) is 6.42 Å². The van der Waals surface area contributed by atoms with E-state index in [2.05, 4.69) is 71.6 Å². The highest BCUT2D eigenvalue weighted by molar-refractivity contribution is 5.48. The molecule has 0 amide bonds. The van der Waals surface area contributed by atoms with E-state index >= 15 is 0 Å². The third-order valence-corrected chi connectivity index (χ3v) is 5.86. The van der Waals surface area contributed by atoms with Crippen molar-refractivity contribution in [2.45, 2.75) is 25.2 Å². The Balaban J connectivity index is 1.35. The second kappa shape index (κ2) is 9.67. The molecule has 1 nitrogen and oxygen atoms in total. The van der Waals surface area contributed by atoms with Crippen LogP contribution in [-0.4, -0.2) is 24.5 Å². The molecule has 1 aliphatic heterocycles. The summed E-state index contributed by atoms with van der Waals surface area (Å²) >= 11 is 0. The maximum atomic E-state index is 13.2. The lowest BCUT2D eigenvalue weighted by Crippen LogP contribution is -2.33. The van der Waals surface area contributed by atoms with Crippen molar-refractivity contribution >= 4 is 6.08 Å². The second-order valence-electron chi connectivity index (χ2n) is 7.89. The first-order chi connectivity index (χ1) is 14.3. The summed E-state index contributed by atoms with van der Waals surface area (Å²) in [6.07, 6.45) is 7.75. The van der Waals surface area contributed by atoms with E-state index in [9.17, 15) is 4.39 Å². The molecule has 4 rings (SSSR count). The number of benzene rings is 3. The summed E-state index contributed by atoms with van der Waals surface area (Å²) in [5.74, 6) is 0.441. The highest BCUT2D eigenvalue weighted by atomic mass is 19.1. The van der Waals surface area contributed by atoms with Gasteiger partial charge in [0.25, 0.3) is 0 Å². The zero-order valence-electron chi connectivity index (χ0n) is 16.8. The fourth-order valence-corrected chi connectivity index (χ4v) is 4.24. The van der Waals surface area contributed by atoms with Crippen LogP contribution < -0.4 is 0 Å². The van der Waals surface area contributed by atoms with Crippen molar-refractivity contribution in [2.75, 3.05) is 19.6 Å². The minimum Gasteiger partial charge on any atom is -0.300 e. The van der Waals surface area contributed by atoms with E-state index < -0.39 is 0 Å². The second-order valence-corrected chi connectivity index (χ2v) is 7.89. The van der Waals surface area contributed by atoms with E-state index in [0.29, 0.717) is 5.92 Å². The molecule has 0 radical (unpaired) electrons. The molecule has 0 bridgehead atoms. The molecule has 0 atom stereocenters. The molecule has 148 valence electrons. The number of halogens is 1. The van der Waals surface area contributed by atoms with Crippen LogP contribution in [0.3, 0.4) is 0 Å². The zero-order valence-corrected chi connectivity index (χ0v) is 16.8. The molecule has 3 aromatic carbocycles. The lowest BCUT2D eigenvalue weighted by molar-refractivity contribution is 0.232. The van der Waals surface area contributed by atoms with Gasteiger partial charge in [-0.15, -0.1) is 0 Å². The van der Waals surface area contributed by atoms with Gasteiger partial charge in [0.1, 0.15) is 5.82 Å². The van der Waals surface area contributed by atoms with Crippen LogP contribution in [0, 0.1) is 5.82 Å². The van der Waals surface area contributed by atoms with Crippen LogP contribution >= 0.6 is 0 Å². The lowest BCUT2D eigenvalue weighted by Gasteiger charge is -2.32. The standard InChI is InChI=1S/C27H28FN/c28-26-14-12-23(13-15-26)21-25-10-4-5-11-27(25)24-16-19-29(20-17-24)18-6-9-22-7-2-1-3-8-22/h1-15,24H,16-21H2. The molecule has 0 aromatic heterocycles. The molecule has 0 aliphatic carbocycles. The number of piperidine rings is 1. The van der Waals surface area contributed by atoms with Crippen molar-refractivity contribution in [2.24, 2.45) is 0 Å². The number of hydrogen-bond acceptors (Lipinski definition) is 1. The van der Waals surface area contributed by atoms with Gasteiger partial charge in [-0.2, -0.15) is 0 Å². The monoisotopic (exact) mass is 385 g/mol. The van der Waals surface area contributed by atoms with Crippen LogP contribution in [0.15, 0.2) is 84.9 Å². The topological polar surface area (TPSA) is 3.24 Å². The van der Waals surface area contributed by atoms with E-state index in [-0.39, 0.29) is 5.82 Å². The van der Waals surface area contributed by atoms with Crippen LogP contribution in [0.1, 0.15) is 41.0 Å². The normalized spacial score (nSPS) is 15.8. The molecule has 29 heavy (non-hydrogen) atoms. The Morgan fingerprint density at radius 1 is 0.828 bits per heavy atom. The minimum atomic E-state index is -0.171. The number of likely N-dealkylation sites (tertiary alicyclic amines) is 1. The summed E-state index contributed by atoms with van der Waals surface area (Å²) < 4.78 is 13.2. The van der Waals surface area contributed by atoms with Crippen molar-refractivity contribution < 1.29 is 4.39 Å². The third kappa shape index (κ3) is 5.42. The highest BCUT2D eigenvalue weighted by Crippen LogP contribution is 2.31. The van der Waals surface area contributed by atoms with Gasteiger partial charge in [0.05, 0.1) is 0 Å². The molecule has 2 heteroatoms. The van der Waals surface area contributed by atoms with Gasteiger partial charge in [0, 0.05) is 6.54 Å². The molecular weight excluding hydrogens is 357 g/mol.